The zero-order valence-corrected chi connectivity index (χ0v) is 10.1. The molecule has 3 aromatic rings. The van der Waals surface area contributed by atoms with Crippen molar-refractivity contribution in [2.24, 2.45) is 0 Å². The zero-order valence-electron chi connectivity index (χ0n) is 10.1. The van der Waals surface area contributed by atoms with Gasteiger partial charge in [-0.25, -0.2) is 15.0 Å². The van der Waals surface area contributed by atoms with E-state index in [0.29, 0.717) is 11.7 Å². The highest BCUT2D eigenvalue weighted by Gasteiger charge is 2.05. The third-order valence-electron chi connectivity index (χ3n) is 2.80. The number of hydrogen-bond acceptors (Lipinski definition) is 5. The molecule has 0 amide bonds. The number of carbonyl (C=O) groups is 1. The van der Waals surface area contributed by atoms with Crippen LogP contribution in [0.3, 0.4) is 0 Å². The molecule has 0 saturated heterocycles. The van der Waals surface area contributed by atoms with E-state index < -0.39 is 0 Å². The summed E-state index contributed by atoms with van der Waals surface area (Å²) in [5.41, 5.74) is 2.97. The van der Waals surface area contributed by atoms with Crippen molar-refractivity contribution < 1.29 is 9.53 Å². The monoisotopic (exact) mass is 254 g/mol. The minimum Gasteiger partial charge on any atom is -0.467 e. The first-order chi connectivity index (χ1) is 9.31. The first-order valence-electron chi connectivity index (χ1n) is 5.60. The van der Waals surface area contributed by atoms with E-state index in [-0.39, 0.29) is 0 Å². The summed E-state index contributed by atoms with van der Waals surface area (Å²) in [5, 5.41) is 0. The van der Waals surface area contributed by atoms with Crippen molar-refractivity contribution in [1.29, 1.82) is 0 Å². The molecule has 3 heterocycles. The Balaban J connectivity index is 2.10. The Morgan fingerprint density at radius 2 is 1.89 bits per heavy atom. The van der Waals surface area contributed by atoms with Crippen LogP contribution in [0.4, 0.5) is 0 Å². The van der Waals surface area contributed by atoms with Crippen LogP contribution >= 0.6 is 0 Å². The molecule has 0 atom stereocenters. The van der Waals surface area contributed by atoms with Gasteiger partial charge < -0.3 is 4.74 Å². The molecule has 0 radical (unpaired) electrons. The third kappa shape index (κ3) is 1.93. The van der Waals surface area contributed by atoms with Crippen molar-refractivity contribution in [3.8, 4) is 17.1 Å². The fourth-order valence-electron chi connectivity index (χ4n) is 1.83. The number of carbonyl (C=O) groups excluding carboxylic acids is 1. The van der Waals surface area contributed by atoms with Gasteiger partial charge in [-0.3, -0.25) is 9.20 Å². The predicted octanol–water partition coefficient (Wildman–Crippen LogP) is 1.61. The largest absolute Gasteiger partial charge is 0.467 e. The van der Waals surface area contributed by atoms with Crippen molar-refractivity contribution >= 4 is 11.9 Å². The van der Waals surface area contributed by atoms with Crippen molar-refractivity contribution in [2.45, 2.75) is 0 Å². The zero-order chi connectivity index (χ0) is 13.2. The summed E-state index contributed by atoms with van der Waals surface area (Å²) in [6.07, 6.45) is 7.48. The van der Waals surface area contributed by atoms with Crippen molar-refractivity contribution in [1.82, 2.24) is 19.4 Å². The normalized spacial score (nSPS) is 10.6. The number of pyridine rings is 1. The Labute approximate surface area is 108 Å². The Hall–Kier alpha value is -2.76. The van der Waals surface area contributed by atoms with E-state index in [0.717, 1.165) is 23.1 Å². The molecule has 0 saturated carbocycles. The van der Waals surface area contributed by atoms with Gasteiger partial charge in [-0.2, -0.15) is 0 Å². The smallest absolute Gasteiger partial charge is 0.316 e. The molecule has 94 valence electrons. The van der Waals surface area contributed by atoms with Crippen LogP contribution in [0.25, 0.3) is 16.8 Å². The number of aromatic nitrogens is 4. The lowest BCUT2D eigenvalue weighted by Gasteiger charge is -2.03. The summed E-state index contributed by atoms with van der Waals surface area (Å²) in [5.74, 6) is 0. The molecule has 6 heteroatoms. The van der Waals surface area contributed by atoms with Crippen molar-refractivity contribution in [2.75, 3.05) is 7.11 Å². The molecule has 0 aliphatic rings. The molecule has 19 heavy (non-hydrogen) atoms. The van der Waals surface area contributed by atoms with E-state index in [2.05, 4.69) is 15.0 Å². The van der Waals surface area contributed by atoms with E-state index in [1.165, 1.54) is 13.3 Å². The lowest BCUT2D eigenvalue weighted by atomic mass is 10.1. The molecule has 6 nitrogen and oxygen atoms in total. The quantitative estimate of drug-likeness (QED) is 0.664. The van der Waals surface area contributed by atoms with E-state index in [1.807, 2.05) is 18.3 Å². The molecule has 0 spiro atoms. The van der Waals surface area contributed by atoms with Gasteiger partial charge in [0.15, 0.2) is 6.29 Å². The average molecular weight is 254 g/mol. The highest BCUT2D eigenvalue weighted by Crippen LogP contribution is 2.19. The SMILES string of the molecule is COc1ncc(-c2ccc3ncc(C=O)n3c2)cn1. The van der Waals surface area contributed by atoms with Gasteiger partial charge in [0.2, 0.25) is 0 Å². The van der Waals surface area contributed by atoms with E-state index in [4.69, 9.17) is 4.74 Å². The number of fused-ring (bicyclic) bond motifs is 1. The maximum Gasteiger partial charge on any atom is 0.316 e. The van der Waals surface area contributed by atoms with E-state index in [1.54, 1.807) is 16.8 Å². The minimum atomic E-state index is 0.320. The first kappa shape index (κ1) is 11.3. The highest BCUT2D eigenvalue weighted by atomic mass is 16.5. The lowest BCUT2D eigenvalue weighted by molar-refractivity contribution is 0.111. The number of ether oxygens (including phenoxy) is 1. The summed E-state index contributed by atoms with van der Waals surface area (Å²) in [4.78, 5) is 23.2. The van der Waals surface area contributed by atoms with Crippen LogP contribution in [0.15, 0.2) is 36.9 Å². The molecule has 3 aromatic heterocycles. The molecule has 3 rings (SSSR count). The van der Waals surface area contributed by atoms with Crippen molar-refractivity contribution in [3.05, 3.63) is 42.6 Å². The Morgan fingerprint density at radius 3 is 2.58 bits per heavy atom. The molecule has 0 unspecified atom stereocenters. The van der Waals surface area contributed by atoms with Crippen LogP contribution in [0.2, 0.25) is 0 Å². The second-order valence-electron chi connectivity index (χ2n) is 3.91. The topological polar surface area (TPSA) is 69.4 Å². The second kappa shape index (κ2) is 4.49. The first-order valence-corrected chi connectivity index (χ1v) is 5.60. The predicted molar refractivity (Wildman–Crippen MR) is 68.2 cm³/mol. The van der Waals surface area contributed by atoms with Gasteiger partial charge in [0.25, 0.3) is 0 Å². The fourth-order valence-corrected chi connectivity index (χ4v) is 1.83. The van der Waals surface area contributed by atoms with Gasteiger partial charge >= 0.3 is 6.01 Å². The molecular formula is C13H10N4O2. The Kier molecular flexibility index (Phi) is 2.68. The molecule has 0 fully saturated rings. The van der Waals surface area contributed by atoms with Crippen LogP contribution in [-0.4, -0.2) is 32.7 Å². The number of hydrogen-bond donors (Lipinski definition) is 0. The standard InChI is InChI=1S/C13H10N4O2/c1-19-13-15-4-10(5-16-13)9-2-3-12-14-6-11(8-18)17(12)7-9/h2-8H,1H3. The van der Waals surface area contributed by atoms with Gasteiger partial charge in [-0.05, 0) is 12.1 Å². The summed E-state index contributed by atoms with van der Waals surface area (Å²) < 4.78 is 6.64. The summed E-state index contributed by atoms with van der Waals surface area (Å²) in [6, 6.07) is 4.07. The van der Waals surface area contributed by atoms with Crippen LogP contribution in [0, 0.1) is 0 Å². The molecule has 0 aliphatic carbocycles. The number of rotatable bonds is 3. The van der Waals surface area contributed by atoms with Gasteiger partial charge in [-0.15, -0.1) is 0 Å². The number of imidazole rings is 1. The van der Waals surface area contributed by atoms with Crippen LogP contribution < -0.4 is 4.74 Å². The Bertz CT molecular complexity index is 734. The third-order valence-corrected chi connectivity index (χ3v) is 2.80. The molecule has 0 aromatic carbocycles. The highest BCUT2D eigenvalue weighted by molar-refractivity contribution is 5.75. The minimum absolute atomic E-state index is 0.320. The van der Waals surface area contributed by atoms with Crippen LogP contribution in [0.1, 0.15) is 10.5 Å². The molecule has 0 N–H and O–H groups in total. The van der Waals surface area contributed by atoms with Gasteiger partial charge in [0.05, 0.1) is 13.3 Å². The van der Waals surface area contributed by atoms with Gasteiger partial charge in [0.1, 0.15) is 11.3 Å². The van der Waals surface area contributed by atoms with E-state index in [9.17, 15) is 4.79 Å². The number of aldehydes is 1. The van der Waals surface area contributed by atoms with Crippen LogP contribution in [0.5, 0.6) is 6.01 Å². The summed E-state index contributed by atoms with van der Waals surface area (Å²) >= 11 is 0. The molecule has 0 bridgehead atoms. The summed E-state index contributed by atoms with van der Waals surface area (Å²) in [6.45, 7) is 0. The van der Waals surface area contributed by atoms with Gasteiger partial charge in [-0.1, -0.05) is 0 Å². The number of methoxy groups -OCH3 is 1. The van der Waals surface area contributed by atoms with Gasteiger partial charge in [0, 0.05) is 29.7 Å². The maximum atomic E-state index is 10.9. The fraction of sp³-hybridized carbons (Fsp3) is 0.0769. The summed E-state index contributed by atoms with van der Waals surface area (Å²) in [7, 11) is 1.52. The van der Waals surface area contributed by atoms with Crippen LogP contribution in [-0.2, 0) is 0 Å². The maximum absolute atomic E-state index is 10.9. The second-order valence-corrected chi connectivity index (χ2v) is 3.91. The van der Waals surface area contributed by atoms with Crippen molar-refractivity contribution in [3.63, 3.8) is 0 Å². The Morgan fingerprint density at radius 1 is 1.11 bits per heavy atom. The number of nitrogens with zero attached hydrogens (tertiary/aromatic N) is 4. The average Bonchev–Trinajstić information content (AvgIpc) is 2.89. The lowest BCUT2D eigenvalue weighted by Crippen LogP contribution is -1.94. The molecule has 0 aliphatic heterocycles. The molecular weight excluding hydrogens is 244 g/mol. The van der Waals surface area contributed by atoms with E-state index >= 15 is 0 Å².